The van der Waals surface area contributed by atoms with Gasteiger partial charge >= 0.3 is 0 Å². The smallest absolute Gasteiger partial charge is 0.220 e. The van der Waals surface area contributed by atoms with Gasteiger partial charge in [-0.1, -0.05) is 0 Å². The van der Waals surface area contributed by atoms with Crippen molar-refractivity contribution in [2.24, 2.45) is 5.92 Å². The van der Waals surface area contributed by atoms with Gasteiger partial charge < -0.3 is 15.4 Å². The van der Waals surface area contributed by atoms with Crippen LogP contribution in [0.3, 0.4) is 0 Å². The maximum Gasteiger partial charge on any atom is 0.220 e. The van der Waals surface area contributed by atoms with Gasteiger partial charge in [-0.15, -0.1) is 0 Å². The number of piperidine rings is 1. The summed E-state index contributed by atoms with van der Waals surface area (Å²) in [6.07, 6.45) is 6.39. The third-order valence-corrected chi connectivity index (χ3v) is 4.09. The summed E-state index contributed by atoms with van der Waals surface area (Å²) < 4.78 is 5.49. The molecule has 0 spiro atoms. The quantitative estimate of drug-likeness (QED) is 0.798. The summed E-state index contributed by atoms with van der Waals surface area (Å²) in [5.41, 5.74) is 0. The van der Waals surface area contributed by atoms with Crippen molar-refractivity contribution >= 4 is 5.91 Å². The second kappa shape index (κ2) is 7.10. The van der Waals surface area contributed by atoms with E-state index in [2.05, 4.69) is 17.6 Å². The lowest BCUT2D eigenvalue weighted by Crippen LogP contribution is -2.41. The molecular formula is C14H26N2O2. The molecule has 2 saturated heterocycles. The molecule has 4 heteroatoms. The van der Waals surface area contributed by atoms with Crippen LogP contribution in [-0.2, 0) is 9.53 Å². The Labute approximate surface area is 110 Å². The summed E-state index contributed by atoms with van der Waals surface area (Å²) in [5.74, 6) is 0.971. The Hall–Kier alpha value is -0.610. The fraction of sp³-hybridized carbons (Fsp3) is 0.929. The van der Waals surface area contributed by atoms with Gasteiger partial charge in [0.25, 0.3) is 0 Å². The van der Waals surface area contributed by atoms with E-state index >= 15 is 0 Å². The summed E-state index contributed by atoms with van der Waals surface area (Å²) in [6.45, 7) is 5.08. The maximum absolute atomic E-state index is 11.9. The normalized spacial score (nSPS) is 30.1. The molecule has 2 heterocycles. The molecule has 2 N–H and O–H groups in total. The third-order valence-electron chi connectivity index (χ3n) is 4.09. The van der Waals surface area contributed by atoms with Crippen LogP contribution in [0.2, 0.25) is 0 Å². The van der Waals surface area contributed by atoms with E-state index in [0.29, 0.717) is 12.5 Å². The van der Waals surface area contributed by atoms with Crippen molar-refractivity contribution in [1.29, 1.82) is 0 Å². The van der Waals surface area contributed by atoms with Crippen LogP contribution in [0, 0.1) is 5.92 Å². The summed E-state index contributed by atoms with van der Waals surface area (Å²) in [5, 5.41) is 6.51. The van der Waals surface area contributed by atoms with Crippen molar-refractivity contribution in [2.45, 2.75) is 57.6 Å². The average molecular weight is 254 g/mol. The summed E-state index contributed by atoms with van der Waals surface area (Å²) >= 11 is 0. The molecule has 0 saturated carbocycles. The number of amides is 1. The fourth-order valence-corrected chi connectivity index (χ4v) is 2.93. The molecule has 0 aliphatic carbocycles. The molecule has 2 atom stereocenters. The Morgan fingerprint density at radius 1 is 1.33 bits per heavy atom. The van der Waals surface area contributed by atoms with Crippen LogP contribution in [0.25, 0.3) is 0 Å². The molecule has 2 fully saturated rings. The lowest BCUT2D eigenvalue weighted by molar-refractivity contribution is -0.123. The number of carbonyl (C=O) groups is 1. The summed E-state index contributed by atoms with van der Waals surface area (Å²) in [7, 11) is 0. The van der Waals surface area contributed by atoms with Crippen molar-refractivity contribution in [1.82, 2.24) is 10.6 Å². The minimum atomic E-state index is 0.229. The fourth-order valence-electron chi connectivity index (χ4n) is 2.93. The Bertz CT molecular complexity index is 265. The molecule has 104 valence electrons. The van der Waals surface area contributed by atoms with Gasteiger partial charge in [-0.2, -0.15) is 0 Å². The van der Waals surface area contributed by atoms with E-state index < -0.39 is 0 Å². The molecule has 1 amide bonds. The minimum Gasteiger partial charge on any atom is -0.378 e. The standard InChI is InChI=1S/C14H26N2O2/c1-11-10-13(6-9-18-11)16-14(17)3-2-12-4-7-15-8-5-12/h11-13,15H,2-10H2,1H3,(H,16,17). The van der Waals surface area contributed by atoms with Gasteiger partial charge in [-0.05, 0) is 58.0 Å². The molecule has 0 bridgehead atoms. The average Bonchev–Trinajstić information content (AvgIpc) is 2.38. The lowest BCUT2D eigenvalue weighted by atomic mass is 9.93. The first kappa shape index (κ1) is 13.8. The highest BCUT2D eigenvalue weighted by atomic mass is 16.5. The zero-order valence-electron chi connectivity index (χ0n) is 11.4. The predicted molar refractivity (Wildman–Crippen MR) is 71.4 cm³/mol. The number of carbonyl (C=O) groups excluding carboxylic acids is 1. The van der Waals surface area contributed by atoms with Crippen LogP contribution in [-0.4, -0.2) is 37.7 Å². The number of nitrogens with one attached hydrogen (secondary N) is 2. The molecule has 0 aromatic carbocycles. The molecule has 2 unspecified atom stereocenters. The SMILES string of the molecule is CC1CC(NC(=O)CCC2CCNCC2)CCO1. The van der Waals surface area contributed by atoms with Gasteiger partial charge in [0, 0.05) is 19.1 Å². The molecule has 0 radical (unpaired) electrons. The highest BCUT2D eigenvalue weighted by molar-refractivity contribution is 5.76. The number of rotatable bonds is 4. The lowest BCUT2D eigenvalue weighted by Gasteiger charge is -2.28. The van der Waals surface area contributed by atoms with E-state index in [-0.39, 0.29) is 12.0 Å². The van der Waals surface area contributed by atoms with Gasteiger partial charge in [0.05, 0.1) is 6.10 Å². The number of hydrogen-bond acceptors (Lipinski definition) is 3. The van der Waals surface area contributed by atoms with Crippen molar-refractivity contribution < 1.29 is 9.53 Å². The Kier molecular flexibility index (Phi) is 5.45. The first-order chi connectivity index (χ1) is 8.74. The molecule has 18 heavy (non-hydrogen) atoms. The monoisotopic (exact) mass is 254 g/mol. The number of ether oxygens (including phenoxy) is 1. The molecule has 4 nitrogen and oxygen atoms in total. The van der Waals surface area contributed by atoms with Gasteiger partial charge in [-0.25, -0.2) is 0 Å². The van der Waals surface area contributed by atoms with E-state index in [9.17, 15) is 4.79 Å². The minimum absolute atomic E-state index is 0.229. The zero-order chi connectivity index (χ0) is 12.8. The Morgan fingerprint density at radius 2 is 2.11 bits per heavy atom. The van der Waals surface area contributed by atoms with Gasteiger partial charge in [-0.3, -0.25) is 4.79 Å². The summed E-state index contributed by atoms with van der Waals surface area (Å²) in [4.78, 5) is 11.9. The molecule has 2 rings (SSSR count). The van der Waals surface area contributed by atoms with E-state index in [0.717, 1.165) is 44.9 Å². The first-order valence-electron chi connectivity index (χ1n) is 7.35. The molecule has 2 aliphatic heterocycles. The Morgan fingerprint density at radius 3 is 2.83 bits per heavy atom. The van der Waals surface area contributed by atoms with Crippen molar-refractivity contribution in [3.8, 4) is 0 Å². The van der Waals surface area contributed by atoms with E-state index in [1.54, 1.807) is 0 Å². The van der Waals surface area contributed by atoms with Crippen LogP contribution in [0.5, 0.6) is 0 Å². The highest BCUT2D eigenvalue weighted by Crippen LogP contribution is 2.18. The van der Waals surface area contributed by atoms with Crippen LogP contribution in [0.4, 0.5) is 0 Å². The van der Waals surface area contributed by atoms with Crippen LogP contribution in [0.15, 0.2) is 0 Å². The topological polar surface area (TPSA) is 50.4 Å². The molecular weight excluding hydrogens is 228 g/mol. The second-order valence-electron chi connectivity index (χ2n) is 5.70. The van der Waals surface area contributed by atoms with Crippen molar-refractivity contribution in [2.75, 3.05) is 19.7 Å². The van der Waals surface area contributed by atoms with Gasteiger partial charge in [0.2, 0.25) is 5.91 Å². The van der Waals surface area contributed by atoms with Gasteiger partial charge in [0.15, 0.2) is 0 Å². The Balaban J connectivity index is 1.62. The largest absolute Gasteiger partial charge is 0.378 e. The highest BCUT2D eigenvalue weighted by Gasteiger charge is 2.21. The third kappa shape index (κ3) is 4.58. The van der Waals surface area contributed by atoms with E-state index in [1.807, 2.05) is 0 Å². The predicted octanol–water partition coefficient (Wildman–Crippen LogP) is 1.45. The van der Waals surface area contributed by atoms with E-state index in [4.69, 9.17) is 4.74 Å². The van der Waals surface area contributed by atoms with Crippen molar-refractivity contribution in [3.05, 3.63) is 0 Å². The van der Waals surface area contributed by atoms with Crippen LogP contribution < -0.4 is 10.6 Å². The zero-order valence-corrected chi connectivity index (χ0v) is 11.4. The molecule has 2 aliphatic rings. The van der Waals surface area contributed by atoms with Gasteiger partial charge in [0.1, 0.15) is 0 Å². The maximum atomic E-state index is 11.9. The number of hydrogen-bond donors (Lipinski definition) is 2. The van der Waals surface area contributed by atoms with Crippen LogP contribution in [0.1, 0.15) is 45.4 Å². The second-order valence-corrected chi connectivity index (χ2v) is 5.70. The summed E-state index contributed by atoms with van der Waals surface area (Å²) in [6, 6.07) is 0.328. The van der Waals surface area contributed by atoms with Crippen molar-refractivity contribution in [3.63, 3.8) is 0 Å². The first-order valence-corrected chi connectivity index (χ1v) is 7.35. The van der Waals surface area contributed by atoms with E-state index in [1.165, 1.54) is 12.8 Å². The van der Waals surface area contributed by atoms with Crippen LogP contribution >= 0.6 is 0 Å². The molecule has 0 aromatic rings. The molecule has 0 aromatic heterocycles.